The lowest BCUT2D eigenvalue weighted by atomic mass is 9.51. The molecule has 0 radical (unpaired) electrons. The molecule has 11 nitrogen and oxygen atoms in total. The van der Waals surface area contributed by atoms with Crippen molar-refractivity contribution in [3.05, 3.63) is 98.7 Å². The van der Waals surface area contributed by atoms with E-state index in [0.717, 1.165) is 41.5 Å². The van der Waals surface area contributed by atoms with E-state index in [-0.39, 0.29) is 29.4 Å². The van der Waals surface area contributed by atoms with Crippen LogP contribution in [0.4, 0.5) is 24.8 Å². The summed E-state index contributed by atoms with van der Waals surface area (Å²) in [7, 11) is 2.90. The van der Waals surface area contributed by atoms with Crippen LogP contribution in [0.3, 0.4) is 0 Å². The minimum Gasteiger partial charge on any atom is -0.507 e. The first kappa shape index (κ1) is 39.2. The van der Waals surface area contributed by atoms with Crippen molar-refractivity contribution in [3.8, 4) is 16.3 Å². The lowest BCUT2D eigenvalue weighted by Gasteiger charge is -2.49. The highest BCUT2D eigenvalue weighted by Gasteiger charge is 2.68. The number of phenolic OH excluding ortho intramolecular Hbond substituents is 1. The number of hydrogen-bond donors (Lipinski definition) is 1. The molecule has 4 aliphatic rings. The molecule has 4 amide bonds. The molecular formula is C42H35Cl2F3N6O5S. The number of phenols is 1. The number of rotatable bonds is 5. The van der Waals surface area contributed by atoms with Crippen LogP contribution in [0, 0.1) is 42.9 Å². The Hall–Kier alpha value is -5.25. The van der Waals surface area contributed by atoms with Gasteiger partial charge in [0.25, 0.3) is 11.8 Å². The molecular weight excluding hydrogens is 828 g/mol. The molecule has 2 aromatic carbocycles. The number of halogens is 5. The minimum atomic E-state index is -4.82. The Morgan fingerprint density at radius 3 is 2.46 bits per heavy atom. The summed E-state index contributed by atoms with van der Waals surface area (Å²) < 4.78 is 43.6. The first-order chi connectivity index (χ1) is 27.8. The fourth-order valence-corrected chi connectivity index (χ4v) is 11.4. The molecule has 2 aliphatic heterocycles. The molecule has 3 fully saturated rings. The van der Waals surface area contributed by atoms with Gasteiger partial charge in [0, 0.05) is 41.4 Å². The molecule has 5 heterocycles. The SMILES string of the molecule is Cc1cccc([C@H]2C3=CC[C@@H]4C(=O)N(N(C)c5nc(C(F)(F)F)ccc5Cl)C(=O)[C@@H]4[C@@H]3C[C@H]3C(=O)N(c4cc(-c5sc6ccc(Cl)cc6c5C)nn4C)C(=O)[C@@]23C)c1O. The van der Waals surface area contributed by atoms with Crippen LogP contribution in [-0.4, -0.2) is 55.6 Å². The highest BCUT2D eigenvalue weighted by atomic mass is 35.5. The quantitative estimate of drug-likeness (QED) is 0.137. The lowest BCUT2D eigenvalue weighted by Crippen LogP contribution is -2.49. The van der Waals surface area contributed by atoms with Crippen molar-refractivity contribution < 1.29 is 37.5 Å². The molecule has 304 valence electrons. The second-order valence-electron chi connectivity index (χ2n) is 15.9. The molecule has 2 saturated heterocycles. The largest absolute Gasteiger partial charge is 0.507 e. The number of pyridine rings is 1. The van der Waals surface area contributed by atoms with Crippen LogP contribution in [0.2, 0.25) is 10.0 Å². The second-order valence-corrected chi connectivity index (χ2v) is 17.8. The standard InChI is InChI=1S/C42H35Cl2F3N6O5S/c1-18-7-6-8-23(34(18)54)33-21-10-11-22-32(39(57)53(37(22)55)51(5)36-27(44)12-14-30(48-36)42(45,46)47)25(21)16-26-38(56)52(40(58)41(26,33)3)31-17-28(49-50(31)4)35-19(2)24-15-20(43)9-13-29(24)59-35/h6-10,12-15,17,22,25-26,32-33,54H,11,16H2,1-5H3/t22-,25+,26-,32-,33+,41+/m0/s1. The van der Waals surface area contributed by atoms with E-state index < -0.39 is 76.3 Å². The van der Waals surface area contributed by atoms with Crippen molar-refractivity contribution in [3.63, 3.8) is 0 Å². The van der Waals surface area contributed by atoms with Crippen LogP contribution >= 0.6 is 34.5 Å². The minimum absolute atomic E-state index is 0.00762. The van der Waals surface area contributed by atoms with Crippen molar-refractivity contribution in [2.45, 2.75) is 45.7 Å². The number of amides is 4. The molecule has 0 bridgehead atoms. The van der Waals surface area contributed by atoms with Gasteiger partial charge in [-0.15, -0.1) is 11.3 Å². The number of hydrazine groups is 1. The number of imide groups is 2. The summed E-state index contributed by atoms with van der Waals surface area (Å²) in [5.41, 5.74) is 0.345. The molecule has 59 heavy (non-hydrogen) atoms. The first-order valence-corrected chi connectivity index (χ1v) is 20.4. The average molecular weight is 864 g/mol. The molecule has 2 aliphatic carbocycles. The zero-order valence-electron chi connectivity index (χ0n) is 32.1. The summed E-state index contributed by atoms with van der Waals surface area (Å²) in [6, 6.07) is 14.2. The van der Waals surface area contributed by atoms with Crippen LogP contribution < -0.4 is 9.91 Å². The van der Waals surface area contributed by atoms with Gasteiger partial charge in [0.1, 0.15) is 23.0 Å². The predicted octanol–water partition coefficient (Wildman–Crippen LogP) is 8.63. The number of benzene rings is 2. The predicted molar refractivity (Wildman–Crippen MR) is 216 cm³/mol. The van der Waals surface area contributed by atoms with Crippen molar-refractivity contribution >= 4 is 79.9 Å². The van der Waals surface area contributed by atoms with Gasteiger partial charge in [-0.1, -0.05) is 53.1 Å². The third-order valence-electron chi connectivity index (χ3n) is 12.8. The van der Waals surface area contributed by atoms with E-state index in [1.165, 1.54) is 23.1 Å². The number of alkyl halides is 3. The molecule has 9 rings (SSSR count). The van der Waals surface area contributed by atoms with Crippen LogP contribution in [0.15, 0.2) is 66.2 Å². The fourth-order valence-electron chi connectivity index (χ4n) is 9.90. The van der Waals surface area contributed by atoms with Crippen LogP contribution in [-0.2, 0) is 32.4 Å². The monoisotopic (exact) mass is 862 g/mol. The van der Waals surface area contributed by atoms with Gasteiger partial charge in [-0.05, 0) is 86.4 Å². The molecule has 0 unspecified atom stereocenters. The van der Waals surface area contributed by atoms with Gasteiger partial charge in [-0.25, -0.2) is 9.88 Å². The molecule has 5 aromatic rings. The Morgan fingerprint density at radius 1 is 0.983 bits per heavy atom. The van der Waals surface area contributed by atoms with E-state index in [1.54, 1.807) is 45.2 Å². The number of carbonyl (C=O) groups excluding carboxylic acids is 4. The summed E-state index contributed by atoms with van der Waals surface area (Å²) in [6.07, 6.45) is -2.92. The van der Waals surface area contributed by atoms with Crippen molar-refractivity contribution in [2.75, 3.05) is 17.0 Å². The van der Waals surface area contributed by atoms with E-state index in [0.29, 0.717) is 33.5 Å². The van der Waals surface area contributed by atoms with Gasteiger partial charge in [0.2, 0.25) is 11.8 Å². The average Bonchev–Trinajstić information content (AvgIpc) is 3.85. The number of allylic oxidation sites excluding steroid dienone is 2. The number of hydrogen-bond acceptors (Lipinski definition) is 9. The van der Waals surface area contributed by atoms with E-state index in [2.05, 4.69) is 4.98 Å². The number of fused-ring (bicyclic) bond motifs is 5. The van der Waals surface area contributed by atoms with Crippen LogP contribution in [0.5, 0.6) is 5.75 Å². The van der Waals surface area contributed by atoms with Crippen LogP contribution in [0.25, 0.3) is 20.7 Å². The topological polar surface area (TPSA) is 129 Å². The number of aryl methyl sites for hydroxylation is 3. The Morgan fingerprint density at radius 2 is 1.73 bits per heavy atom. The first-order valence-electron chi connectivity index (χ1n) is 18.8. The van der Waals surface area contributed by atoms with Gasteiger partial charge in [-0.3, -0.25) is 28.9 Å². The van der Waals surface area contributed by atoms with E-state index in [9.17, 15) is 32.7 Å². The number of aromatic nitrogens is 3. The molecule has 6 atom stereocenters. The van der Waals surface area contributed by atoms with E-state index >= 15 is 4.79 Å². The molecule has 17 heteroatoms. The number of para-hydroxylation sites is 1. The zero-order chi connectivity index (χ0) is 42.2. The van der Waals surface area contributed by atoms with E-state index in [1.807, 2.05) is 31.2 Å². The number of aromatic hydroxyl groups is 1. The molecule has 0 spiro atoms. The molecule has 1 N–H and O–H groups in total. The maximum absolute atomic E-state index is 15.2. The van der Waals surface area contributed by atoms with Crippen LogP contribution in [0.1, 0.15) is 48.1 Å². The summed E-state index contributed by atoms with van der Waals surface area (Å²) >= 11 is 14.1. The highest BCUT2D eigenvalue weighted by molar-refractivity contribution is 7.22. The van der Waals surface area contributed by atoms with Crippen molar-refractivity contribution in [1.82, 2.24) is 19.8 Å². The number of anilines is 2. The Kier molecular flexibility index (Phi) is 8.90. The molecule has 1 saturated carbocycles. The lowest BCUT2D eigenvalue weighted by molar-refractivity contribution is -0.141. The summed E-state index contributed by atoms with van der Waals surface area (Å²) in [4.78, 5) is 64.5. The van der Waals surface area contributed by atoms with Gasteiger partial charge in [0.05, 0.1) is 33.1 Å². The molecule has 3 aromatic heterocycles. The maximum atomic E-state index is 15.2. The highest BCUT2D eigenvalue weighted by Crippen LogP contribution is 2.64. The van der Waals surface area contributed by atoms with Gasteiger partial charge >= 0.3 is 6.18 Å². The van der Waals surface area contributed by atoms with Gasteiger partial charge in [-0.2, -0.15) is 23.3 Å². The van der Waals surface area contributed by atoms with E-state index in [4.69, 9.17) is 28.3 Å². The normalized spacial score (nSPS) is 25.5. The third kappa shape index (κ3) is 5.60. The van der Waals surface area contributed by atoms with Crippen molar-refractivity contribution in [2.24, 2.45) is 36.1 Å². The van der Waals surface area contributed by atoms with Gasteiger partial charge in [0.15, 0.2) is 5.82 Å². The fraction of sp³-hybridized carbons (Fsp3) is 0.333. The second kappa shape index (κ2) is 13.4. The Labute approximate surface area is 349 Å². The number of carbonyl (C=O) groups is 4. The third-order valence-corrected chi connectivity index (χ3v) is 14.6. The van der Waals surface area contributed by atoms with Gasteiger partial charge < -0.3 is 5.11 Å². The maximum Gasteiger partial charge on any atom is 0.433 e. The summed E-state index contributed by atoms with van der Waals surface area (Å²) in [6.45, 7) is 5.40. The Bertz CT molecular complexity index is 2730. The van der Waals surface area contributed by atoms with Crippen molar-refractivity contribution in [1.29, 1.82) is 0 Å². The number of nitrogens with zero attached hydrogens (tertiary/aromatic N) is 6. The smallest absolute Gasteiger partial charge is 0.433 e. The summed E-state index contributed by atoms with van der Waals surface area (Å²) in [5, 5.41) is 19.4. The zero-order valence-corrected chi connectivity index (χ0v) is 34.5. The Balaban J connectivity index is 1.13. The number of thiophene rings is 1. The summed E-state index contributed by atoms with van der Waals surface area (Å²) in [5.74, 6) is -7.29.